The summed E-state index contributed by atoms with van der Waals surface area (Å²) in [5.41, 5.74) is 1.13. The minimum atomic E-state index is -1.26. The molecule has 2 amide bonds. The molecule has 3 N–H and O–H groups in total. The molecule has 148 valence electrons. The third-order valence-corrected chi connectivity index (χ3v) is 4.01. The fraction of sp³-hybridized carbons (Fsp3) is 0.250. The van der Waals surface area contributed by atoms with Crippen molar-refractivity contribution in [2.75, 3.05) is 0 Å². The van der Waals surface area contributed by atoms with Gasteiger partial charge >= 0.3 is 5.97 Å². The van der Waals surface area contributed by atoms with E-state index in [0.29, 0.717) is 11.1 Å². The van der Waals surface area contributed by atoms with E-state index in [0.717, 1.165) is 0 Å². The number of benzene rings is 2. The van der Waals surface area contributed by atoms with Crippen LogP contribution < -0.4 is 10.6 Å². The Morgan fingerprint density at radius 1 is 0.821 bits per heavy atom. The summed E-state index contributed by atoms with van der Waals surface area (Å²) in [6.45, 7) is 1.23. The normalized spacial score (nSPS) is 12.7. The van der Waals surface area contributed by atoms with E-state index in [1.165, 1.54) is 55.5 Å². The van der Waals surface area contributed by atoms with Crippen LogP contribution in [0.2, 0.25) is 0 Å². The van der Waals surface area contributed by atoms with Crippen molar-refractivity contribution in [3.63, 3.8) is 0 Å². The molecular formula is C20H20F2N2O4. The number of carbonyl (C=O) groups excluding carboxylic acids is 2. The van der Waals surface area contributed by atoms with E-state index in [2.05, 4.69) is 10.6 Å². The van der Waals surface area contributed by atoms with Crippen molar-refractivity contribution in [3.8, 4) is 0 Å². The first kappa shape index (κ1) is 21.0. The van der Waals surface area contributed by atoms with E-state index in [9.17, 15) is 28.3 Å². The van der Waals surface area contributed by atoms with Gasteiger partial charge in [0.25, 0.3) is 0 Å². The van der Waals surface area contributed by atoms with E-state index in [4.69, 9.17) is 0 Å². The Hall–Kier alpha value is -3.29. The van der Waals surface area contributed by atoms with Crippen molar-refractivity contribution < 1.29 is 28.3 Å². The van der Waals surface area contributed by atoms with E-state index in [1.807, 2.05) is 0 Å². The highest BCUT2D eigenvalue weighted by molar-refractivity contribution is 5.90. The maximum absolute atomic E-state index is 13.0. The number of nitrogens with one attached hydrogen (secondary N) is 2. The number of carbonyl (C=O) groups is 3. The number of hydrogen-bond donors (Lipinski definition) is 3. The summed E-state index contributed by atoms with van der Waals surface area (Å²) in [5, 5.41) is 14.3. The first-order chi connectivity index (χ1) is 13.2. The molecule has 0 saturated heterocycles. The molecule has 0 bridgehead atoms. The summed E-state index contributed by atoms with van der Waals surface area (Å²) >= 11 is 0. The Morgan fingerprint density at radius 2 is 1.25 bits per heavy atom. The van der Waals surface area contributed by atoms with Crippen molar-refractivity contribution in [1.29, 1.82) is 0 Å². The molecule has 0 saturated carbocycles. The molecule has 0 unspecified atom stereocenters. The Labute approximate surface area is 160 Å². The lowest BCUT2D eigenvalue weighted by Crippen LogP contribution is -2.52. The number of rotatable bonds is 8. The van der Waals surface area contributed by atoms with Gasteiger partial charge in [0.15, 0.2) is 0 Å². The predicted molar refractivity (Wildman–Crippen MR) is 97.4 cm³/mol. The average Bonchev–Trinajstić information content (AvgIpc) is 2.63. The molecule has 0 fully saturated rings. The number of carboxylic acids is 1. The predicted octanol–water partition coefficient (Wildman–Crippen LogP) is 1.82. The fourth-order valence-electron chi connectivity index (χ4n) is 2.64. The fourth-order valence-corrected chi connectivity index (χ4v) is 2.64. The molecule has 0 aromatic heterocycles. The van der Waals surface area contributed by atoms with Crippen molar-refractivity contribution in [2.24, 2.45) is 0 Å². The highest BCUT2D eigenvalue weighted by Gasteiger charge is 2.26. The molecule has 2 aromatic rings. The number of amides is 2. The zero-order valence-corrected chi connectivity index (χ0v) is 15.1. The Bertz CT molecular complexity index is 838. The molecule has 6 nitrogen and oxygen atoms in total. The molecule has 0 aliphatic rings. The van der Waals surface area contributed by atoms with Crippen LogP contribution in [-0.4, -0.2) is 35.0 Å². The van der Waals surface area contributed by atoms with Crippen LogP contribution in [0.1, 0.15) is 18.1 Å². The number of carboxylic acid groups (broad SMARTS) is 1. The average molecular weight is 390 g/mol. The zero-order valence-electron chi connectivity index (χ0n) is 15.1. The highest BCUT2D eigenvalue weighted by Crippen LogP contribution is 2.09. The third kappa shape index (κ3) is 6.46. The van der Waals surface area contributed by atoms with Crippen LogP contribution in [-0.2, 0) is 27.2 Å². The maximum atomic E-state index is 13.0. The Balaban J connectivity index is 2.11. The quantitative estimate of drug-likeness (QED) is 0.641. The van der Waals surface area contributed by atoms with E-state index < -0.39 is 41.5 Å². The van der Waals surface area contributed by atoms with Gasteiger partial charge in [0, 0.05) is 19.8 Å². The van der Waals surface area contributed by atoms with E-state index >= 15 is 0 Å². The molecule has 0 heterocycles. The molecule has 28 heavy (non-hydrogen) atoms. The highest BCUT2D eigenvalue weighted by atomic mass is 19.1. The second-order valence-electron chi connectivity index (χ2n) is 6.31. The minimum absolute atomic E-state index is 0.0509. The lowest BCUT2D eigenvalue weighted by atomic mass is 10.0. The first-order valence-corrected chi connectivity index (χ1v) is 8.53. The van der Waals surface area contributed by atoms with Crippen molar-refractivity contribution in [3.05, 3.63) is 71.3 Å². The monoisotopic (exact) mass is 390 g/mol. The number of hydrogen-bond acceptors (Lipinski definition) is 3. The number of aliphatic carboxylic acids is 1. The van der Waals surface area contributed by atoms with Gasteiger partial charge in [0.05, 0.1) is 0 Å². The van der Waals surface area contributed by atoms with Gasteiger partial charge in [0.1, 0.15) is 23.7 Å². The Morgan fingerprint density at radius 3 is 1.64 bits per heavy atom. The minimum Gasteiger partial charge on any atom is -0.480 e. The smallest absolute Gasteiger partial charge is 0.326 e. The summed E-state index contributed by atoms with van der Waals surface area (Å²) in [7, 11) is 0. The summed E-state index contributed by atoms with van der Waals surface area (Å²) in [4.78, 5) is 35.6. The first-order valence-electron chi connectivity index (χ1n) is 8.53. The van der Waals surface area contributed by atoms with Gasteiger partial charge in [-0.15, -0.1) is 0 Å². The van der Waals surface area contributed by atoms with Crippen molar-refractivity contribution in [1.82, 2.24) is 10.6 Å². The van der Waals surface area contributed by atoms with Gasteiger partial charge in [-0.3, -0.25) is 9.59 Å². The largest absolute Gasteiger partial charge is 0.480 e. The standard InChI is InChI=1S/C20H20F2N2O4/c1-12(25)23-17(10-13-2-6-15(21)7-3-13)19(26)24-18(20(27)28)11-14-4-8-16(22)9-5-14/h2-9,17-18H,10-11H2,1H3,(H,23,25)(H,24,26)(H,27,28)/t17-,18+/m0/s1. The van der Waals surface area contributed by atoms with Gasteiger partial charge in [-0.2, -0.15) is 0 Å². The molecule has 2 atom stereocenters. The van der Waals surface area contributed by atoms with Crippen LogP contribution in [0.5, 0.6) is 0 Å². The zero-order chi connectivity index (χ0) is 20.7. The van der Waals surface area contributed by atoms with Crippen LogP contribution >= 0.6 is 0 Å². The van der Waals surface area contributed by atoms with Crippen LogP contribution in [0, 0.1) is 11.6 Å². The molecule has 0 spiro atoms. The van der Waals surface area contributed by atoms with Gasteiger partial charge in [-0.1, -0.05) is 24.3 Å². The summed E-state index contributed by atoms with van der Waals surface area (Å²) in [6.07, 6.45) is 0.0132. The van der Waals surface area contributed by atoms with Crippen molar-refractivity contribution in [2.45, 2.75) is 31.8 Å². The van der Waals surface area contributed by atoms with Crippen LogP contribution in [0.15, 0.2) is 48.5 Å². The van der Waals surface area contributed by atoms with Gasteiger partial charge in [0.2, 0.25) is 11.8 Å². The van der Waals surface area contributed by atoms with Crippen LogP contribution in [0.4, 0.5) is 8.78 Å². The van der Waals surface area contributed by atoms with Gasteiger partial charge in [-0.05, 0) is 35.4 Å². The van der Waals surface area contributed by atoms with E-state index in [-0.39, 0.29) is 12.8 Å². The summed E-state index contributed by atoms with van der Waals surface area (Å²) in [5.74, 6) is -3.30. The molecule has 0 radical (unpaired) electrons. The summed E-state index contributed by atoms with van der Waals surface area (Å²) in [6, 6.07) is 8.38. The molecule has 0 aliphatic heterocycles. The molecule has 2 rings (SSSR count). The molecule has 2 aromatic carbocycles. The Kier molecular flexibility index (Phi) is 7.20. The second kappa shape index (κ2) is 9.59. The van der Waals surface area contributed by atoms with Gasteiger partial charge in [-0.25, -0.2) is 13.6 Å². The van der Waals surface area contributed by atoms with E-state index in [1.54, 1.807) is 0 Å². The molecular weight excluding hydrogens is 370 g/mol. The van der Waals surface area contributed by atoms with Crippen LogP contribution in [0.25, 0.3) is 0 Å². The second-order valence-corrected chi connectivity index (χ2v) is 6.31. The SMILES string of the molecule is CC(=O)N[C@@H](Cc1ccc(F)cc1)C(=O)N[C@H](Cc1ccc(F)cc1)C(=O)O. The third-order valence-electron chi connectivity index (χ3n) is 4.01. The number of halogens is 2. The molecule has 8 heteroatoms. The topological polar surface area (TPSA) is 95.5 Å². The summed E-state index contributed by atoms with van der Waals surface area (Å²) < 4.78 is 26.1. The van der Waals surface area contributed by atoms with Crippen LogP contribution in [0.3, 0.4) is 0 Å². The van der Waals surface area contributed by atoms with Gasteiger partial charge < -0.3 is 15.7 Å². The lowest BCUT2D eigenvalue weighted by Gasteiger charge is -2.21. The van der Waals surface area contributed by atoms with Crippen molar-refractivity contribution >= 4 is 17.8 Å². The lowest BCUT2D eigenvalue weighted by molar-refractivity contribution is -0.142. The molecule has 0 aliphatic carbocycles. The maximum Gasteiger partial charge on any atom is 0.326 e.